The highest BCUT2D eigenvalue weighted by Crippen LogP contribution is 2.25. The van der Waals surface area contributed by atoms with Gasteiger partial charge in [-0.1, -0.05) is 82.3 Å². The fourth-order valence-electron chi connectivity index (χ4n) is 4.34. The number of benzene rings is 2. The van der Waals surface area contributed by atoms with Crippen LogP contribution in [0.15, 0.2) is 60.9 Å². The number of alkyl halides is 1. The van der Waals surface area contributed by atoms with Crippen LogP contribution < -0.4 is 4.74 Å². The maximum atomic E-state index is 13.3. The van der Waals surface area contributed by atoms with Crippen molar-refractivity contribution in [3.8, 4) is 28.3 Å². The maximum absolute atomic E-state index is 13.3. The molecule has 3 rings (SSSR count). The Hall–Kier alpha value is -3.12. The van der Waals surface area contributed by atoms with E-state index in [1.807, 2.05) is 48.8 Å². The number of hydrogen-bond donors (Lipinski definition) is 0. The lowest BCUT2D eigenvalue weighted by Gasteiger charge is -2.13. The highest BCUT2D eigenvalue weighted by molar-refractivity contribution is 5.73. The third kappa shape index (κ3) is 10.9. The standard InChI is InChI=1S/C33H43FN2O3/c1-4-6-7-8-9-10-11-26-23-35-33(36-24-26)29-14-12-27(13-15-29)28-16-18-31(19-17-28)39-32(37)22-25(3)38-21-20-30(34)5-2/h12-19,23-25,30H,4-11,20-22H2,1-3H3. The molecule has 0 spiro atoms. The lowest BCUT2D eigenvalue weighted by atomic mass is 10.0. The third-order valence-corrected chi connectivity index (χ3v) is 6.82. The monoisotopic (exact) mass is 534 g/mol. The van der Waals surface area contributed by atoms with Gasteiger partial charge in [-0.2, -0.15) is 0 Å². The van der Waals surface area contributed by atoms with Crippen molar-refractivity contribution in [2.45, 2.75) is 97.3 Å². The van der Waals surface area contributed by atoms with Crippen LogP contribution in [0.25, 0.3) is 22.5 Å². The number of halogens is 1. The van der Waals surface area contributed by atoms with Gasteiger partial charge in [-0.05, 0) is 55.0 Å². The molecule has 1 heterocycles. The van der Waals surface area contributed by atoms with Crippen LogP contribution in [-0.4, -0.2) is 34.8 Å². The molecule has 3 aromatic rings. The van der Waals surface area contributed by atoms with Gasteiger partial charge in [0, 0.05) is 31.0 Å². The van der Waals surface area contributed by atoms with Gasteiger partial charge in [0.25, 0.3) is 0 Å². The summed E-state index contributed by atoms with van der Waals surface area (Å²) in [6.07, 6.45) is 12.4. The molecule has 0 bridgehead atoms. The Morgan fingerprint density at radius 2 is 1.44 bits per heavy atom. The molecular formula is C33H43FN2O3. The topological polar surface area (TPSA) is 61.3 Å². The van der Waals surface area contributed by atoms with Gasteiger partial charge in [0.2, 0.25) is 0 Å². The lowest BCUT2D eigenvalue weighted by Crippen LogP contribution is -2.19. The van der Waals surface area contributed by atoms with Crippen LogP contribution in [-0.2, 0) is 16.0 Å². The fourth-order valence-corrected chi connectivity index (χ4v) is 4.34. The van der Waals surface area contributed by atoms with Gasteiger partial charge in [-0.25, -0.2) is 14.4 Å². The summed E-state index contributed by atoms with van der Waals surface area (Å²) in [6, 6.07) is 15.6. The summed E-state index contributed by atoms with van der Waals surface area (Å²) in [5.74, 6) is 0.838. The molecule has 2 atom stereocenters. The van der Waals surface area contributed by atoms with Gasteiger partial charge >= 0.3 is 5.97 Å². The molecule has 2 unspecified atom stereocenters. The van der Waals surface area contributed by atoms with E-state index in [9.17, 15) is 9.18 Å². The van der Waals surface area contributed by atoms with Crippen LogP contribution in [0.3, 0.4) is 0 Å². The first-order valence-electron chi connectivity index (χ1n) is 14.5. The number of hydrogen-bond acceptors (Lipinski definition) is 5. The van der Waals surface area contributed by atoms with Gasteiger partial charge < -0.3 is 9.47 Å². The maximum Gasteiger partial charge on any atom is 0.313 e. The first-order valence-corrected chi connectivity index (χ1v) is 14.5. The van der Waals surface area contributed by atoms with E-state index in [1.165, 1.54) is 44.1 Å². The molecule has 0 aliphatic rings. The predicted octanol–water partition coefficient (Wildman–Crippen LogP) is 8.55. The van der Waals surface area contributed by atoms with Crippen molar-refractivity contribution >= 4 is 5.97 Å². The van der Waals surface area contributed by atoms with E-state index in [0.29, 0.717) is 25.2 Å². The van der Waals surface area contributed by atoms with Crippen LogP contribution >= 0.6 is 0 Å². The van der Waals surface area contributed by atoms with Crippen LogP contribution in [0.2, 0.25) is 0 Å². The zero-order chi connectivity index (χ0) is 27.9. The third-order valence-electron chi connectivity index (χ3n) is 6.82. The van der Waals surface area contributed by atoms with E-state index in [4.69, 9.17) is 9.47 Å². The van der Waals surface area contributed by atoms with Gasteiger partial charge in [-0.3, -0.25) is 4.79 Å². The molecule has 0 N–H and O–H groups in total. The quantitative estimate of drug-likeness (QED) is 0.0986. The van der Waals surface area contributed by atoms with Crippen molar-refractivity contribution < 1.29 is 18.7 Å². The van der Waals surface area contributed by atoms with Crippen LogP contribution in [0.5, 0.6) is 5.75 Å². The number of rotatable bonds is 17. The molecule has 0 saturated heterocycles. The van der Waals surface area contributed by atoms with Gasteiger partial charge in [0.1, 0.15) is 11.9 Å². The van der Waals surface area contributed by atoms with E-state index >= 15 is 0 Å². The summed E-state index contributed by atoms with van der Waals surface area (Å²) in [6.45, 7) is 6.14. The summed E-state index contributed by atoms with van der Waals surface area (Å²) in [7, 11) is 0. The van der Waals surface area contributed by atoms with Gasteiger partial charge in [0.15, 0.2) is 5.82 Å². The van der Waals surface area contributed by atoms with Gasteiger partial charge in [0.05, 0.1) is 12.5 Å². The second-order valence-corrected chi connectivity index (χ2v) is 10.2. The Bertz CT molecular complexity index is 1100. The normalized spacial score (nSPS) is 12.7. The molecule has 6 heteroatoms. The first kappa shape index (κ1) is 30.4. The number of nitrogens with zero attached hydrogens (tertiary/aromatic N) is 2. The molecule has 1 aromatic heterocycles. The molecule has 2 aromatic carbocycles. The second-order valence-electron chi connectivity index (χ2n) is 10.2. The zero-order valence-corrected chi connectivity index (χ0v) is 23.7. The number of esters is 1. The number of aromatic nitrogens is 2. The molecule has 0 aliphatic carbocycles. The van der Waals surface area contributed by atoms with Crippen molar-refractivity contribution in [1.29, 1.82) is 0 Å². The van der Waals surface area contributed by atoms with Gasteiger partial charge in [-0.15, -0.1) is 0 Å². The Morgan fingerprint density at radius 1 is 0.846 bits per heavy atom. The summed E-state index contributed by atoms with van der Waals surface area (Å²) >= 11 is 0. The molecule has 39 heavy (non-hydrogen) atoms. The van der Waals surface area contributed by atoms with Crippen molar-refractivity contribution in [1.82, 2.24) is 9.97 Å². The smallest absolute Gasteiger partial charge is 0.313 e. The number of unbranched alkanes of at least 4 members (excludes halogenated alkanes) is 5. The van der Waals surface area contributed by atoms with E-state index in [2.05, 4.69) is 16.9 Å². The Morgan fingerprint density at radius 3 is 2.08 bits per heavy atom. The summed E-state index contributed by atoms with van der Waals surface area (Å²) < 4.78 is 24.3. The fraction of sp³-hybridized carbons (Fsp3) is 0.485. The van der Waals surface area contributed by atoms with E-state index in [-0.39, 0.29) is 18.5 Å². The van der Waals surface area contributed by atoms with Crippen molar-refractivity contribution in [2.75, 3.05) is 6.61 Å². The summed E-state index contributed by atoms with van der Waals surface area (Å²) in [5, 5.41) is 0. The van der Waals surface area contributed by atoms with Crippen LogP contribution in [0, 0.1) is 0 Å². The average molecular weight is 535 g/mol. The minimum atomic E-state index is -0.863. The van der Waals surface area contributed by atoms with E-state index in [1.54, 1.807) is 26.0 Å². The van der Waals surface area contributed by atoms with Crippen molar-refractivity contribution in [3.05, 3.63) is 66.5 Å². The minimum Gasteiger partial charge on any atom is -0.426 e. The van der Waals surface area contributed by atoms with Crippen LogP contribution in [0.4, 0.5) is 4.39 Å². The number of aryl methyl sites for hydroxylation is 1. The largest absolute Gasteiger partial charge is 0.426 e. The number of ether oxygens (including phenoxy) is 2. The zero-order valence-electron chi connectivity index (χ0n) is 23.7. The predicted molar refractivity (Wildman–Crippen MR) is 155 cm³/mol. The molecule has 0 fully saturated rings. The molecule has 0 radical (unpaired) electrons. The minimum absolute atomic E-state index is 0.119. The number of carbonyl (C=O) groups excluding carboxylic acids is 1. The SMILES string of the molecule is CCCCCCCCc1cnc(-c2ccc(-c3ccc(OC(=O)CC(C)OCCC(F)CC)cc3)cc2)nc1. The molecule has 0 amide bonds. The summed E-state index contributed by atoms with van der Waals surface area (Å²) in [5.41, 5.74) is 4.24. The van der Waals surface area contributed by atoms with Crippen molar-refractivity contribution in [2.24, 2.45) is 0 Å². The van der Waals surface area contributed by atoms with E-state index < -0.39 is 6.17 Å². The molecule has 0 aliphatic heterocycles. The Kier molecular flexibility index (Phi) is 13.1. The first-order chi connectivity index (χ1) is 19.0. The highest BCUT2D eigenvalue weighted by Gasteiger charge is 2.13. The average Bonchev–Trinajstić information content (AvgIpc) is 2.95. The molecule has 5 nitrogen and oxygen atoms in total. The number of carbonyl (C=O) groups is 1. The molecular weight excluding hydrogens is 491 g/mol. The Balaban J connectivity index is 1.46. The second kappa shape index (κ2) is 16.8. The highest BCUT2D eigenvalue weighted by atomic mass is 19.1. The molecule has 0 saturated carbocycles. The summed E-state index contributed by atoms with van der Waals surface area (Å²) in [4.78, 5) is 21.4. The Labute approximate surface area is 233 Å². The molecule has 210 valence electrons. The van der Waals surface area contributed by atoms with Crippen molar-refractivity contribution in [3.63, 3.8) is 0 Å². The van der Waals surface area contributed by atoms with Crippen LogP contribution in [0.1, 0.15) is 84.1 Å². The lowest BCUT2D eigenvalue weighted by molar-refractivity contribution is -0.137. The van der Waals surface area contributed by atoms with E-state index in [0.717, 1.165) is 28.9 Å².